The standard InChI is InChI=1S/C19H20N2O5/c1-12-8-14(4-5-16(12)21(23)24)19(22)20-7-6-13-9-17(25-2)18(26-3)10-15(13)11-20/h4-5,8-10H,6-7,11H2,1-3H3. The molecule has 1 amide bonds. The number of methoxy groups -OCH3 is 2. The number of carbonyl (C=O) groups excluding carboxylic acids is 1. The molecule has 1 heterocycles. The molecule has 0 aliphatic carbocycles. The molecule has 3 rings (SSSR count). The van der Waals surface area contributed by atoms with E-state index in [1.54, 1.807) is 32.1 Å². The number of rotatable bonds is 4. The number of benzene rings is 2. The Hall–Kier alpha value is -3.09. The van der Waals surface area contributed by atoms with Crippen molar-refractivity contribution >= 4 is 11.6 Å². The van der Waals surface area contributed by atoms with Crippen molar-refractivity contribution in [3.63, 3.8) is 0 Å². The molecule has 1 aliphatic heterocycles. The molecule has 0 radical (unpaired) electrons. The van der Waals surface area contributed by atoms with E-state index in [4.69, 9.17) is 9.47 Å². The summed E-state index contributed by atoms with van der Waals surface area (Å²) in [5, 5.41) is 10.9. The van der Waals surface area contributed by atoms with Gasteiger partial charge in [0.1, 0.15) is 0 Å². The van der Waals surface area contributed by atoms with Crippen molar-refractivity contribution in [3.8, 4) is 11.5 Å². The largest absolute Gasteiger partial charge is 0.493 e. The fraction of sp³-hybridized carbons (Fsp3) is 0.316. The van der Waals surface area contributed by atoms with E-state index in [0.717, 1.165) is 11.1 Å². The maximum atomic E-state index is 12.8. The normalized spacial score (nSPS) is 13.1. The van der Waals surface area contributed by atoms with Gasteiger partial charge in [0, 0.05) is 30.3 Å². The molecule has 0 aromatic heterocycles. The third-order valence-electron chi connectivity index (χ3n) is 4.65. The van der Waals surface area contributed by atoms with Crippen LogP contribution in [-0.2, 0) is 13.0 Å². The number of amides is 1. The average molecular weight is 356 g/mol. The topological polar surface area (TPSA) is 81.9 Å². The zero-order valence-corrected chi connectivity index (χ0v) is 14.9. The van der Waals surface area contributed by atoms with Gasteiger partial charge in [-0.25, -0.2) is 0 Å². The molecule has 26 heavy (non-hydrogen) atoms. The van der Waals surface area contributed by atoms with Crippen molar-refractivity contribution in [2.75, 3.05) is 20.8 Å². The highest BCUT2D eigenvalue weighted by molar-refractivity contribution is 5.95. The van der Waals surface area contributed by atoms with E-state index in [2.05, 4.69) is 0 Å². The molecule has 0 saturated heterocycles. The van der Waals surface area contributed by atoms with Gasteiger partial charge in [0.25, 0.3) is 11.6 Å². The van der Waals surface area contributed by atoms with E-state index in [1.807, 2.05) is 12.1 Å². The SMILES string of the molecule is COc1cc2c(cc1OC)CN(C(=O)c1ccc([N+](=O)[O-])c(C)c1)CC2. The van der Waals surface area contributed by atoms with Gasteiger partial charge in [-0.15, -0.1) is 0 Å². The number of carbonyl (C=O) groups is 1. The van der Waals surface area contributed by atoms with E-state index in [9.17, 15) is 14.9 Å². The predicted octanol–water partition coefficient (Wildman–Crippen LogP) is 3.12. The van der Waals surface area contributed by atoms with Crippen LogP contribution in [0.4, 0.5) is 5.69 Å². The summed E-state index contributed by atoms with van der Waals surface area (Å²) in [6.45, 7) is 2.68. The number of nitro groups is 1. The molecule has 0 N–H and O–H groups in total. The molecule has 2 aromatic rings. The fourth-order valence-corrected chi connectivity index (χ4v) is 3.23. The maximum absolute atomic E-state index is 12.8. The van der Waals surface area contributed by atoms with Gasteiger partial charge in [-0.3, -0.25) is 14.9 Å². The summed E-state index contributed by atoms with van der Waals surface area (Å²) in [5.41, 5.74) is 3.09. The van der Waals surface area contributed by atoms with Gasteiger partial charge in [-0.1, -0.05) is 0 Å². The van der Waals surface area contributed by atoms with Crippen LogP contribution >= 0.6 is 0 Å². The minimum Gasteiger partial charge on any atom is -0.493 e. The molecule has 0 atom stereocenters. The van der Waals surface area contributed by atoms with Gasteiger partial charge in [-0.2, -0.15) is 0 Å². The average Bonchev–Trinajstić information content (AvgIpc) is 2.65. The third kappa shape index (κ3) is 3.20. The Morgan fingerprint density at radius 1 is 1.12 bits per heavy atom. The Morgan fingerprint density at radius 3 is 2.35 bits per heavy atom. The molecule has 0 unspecified atom stereocenters. The molecule has 2 aromatic carbocycles. The molecule has 0 spiro atoms. The van der Waals surface area contributed by atoms with Gasteiger partial charge in [0.15, 0.2) is 11.5 Å². The number of fused-ring (bicyclic) bond motifs is 1. The number of nitro benzene ring substituents is 1. The zero-order valence-electron chi connectivity index (χ0n) is 14.9. The molecule has 0 saturated carbocycles. The molecular formula is C19H20N2O5. The molecule has 1 aliphatic rings. The van der Waals surface area contributed by atoms with Gasteiger partial charge in [0.2, 0.25) is 0 Å². The van der Waals surface area contributed by atoms with Gasteiger partial charge >= 0.3 is 0 Å². The van der Waals surface area contributed by atoms with Crippen molar-refractivity contribution < 1.29 is 19.2 Å². The summed E-state index contributed by atoms with van der Waals surface area (Å²) in [6.07, 6.45) is 0.716. The highest BCUT2D eigenvalue weighted by atomic mass is 16.6. The lowest BCUT2D eigenvalue weighted by Crippen LogP contribution is -2.36. The lowest BCUT2D eigenvalue weighted by atomic mass is 9.98. The first-order valence-electron chi connectivity index (χ1n) is 8.22. The van der Waals surface area contributed by atoms with Crippen LogP contribution in [0.5, 0.6) is 11.5 Å². The minimum absolute atomic E-state index is 0.0161. The van der Waals surface area contributed by atoms with Crippen molar-refractivity contribution in [1.29, 1.82) is 0 Å². The molecule has 7 nitrogen and oxygen atoms in total. The first kappa shape index (κ1) is 17.7. The second-order valence-electron chi connectivity index (χ2n) is 6.21. The Labute approximate surface area is 151 Å². The van der Waals surface area contributed by atoms with E-state index in [1.165, 1.54) is 12.1 Å². The van der Waals surface area contributed by atoms with E-state index in [-0.39, 0.29) is 11.6 Å². The summed E-state index contributed by atoms with van der Waals surface area (Å²) < 4.78 is 10.7. The molecule has 7 heteroatoms. The number of aryl methyl sites for hydroxylation is 1. The smallest absolute Gasteiger partial charge is 0.272 e. The summed E-state index contributed by atoms with van der Waals surface area (Å²) >= 11 is 0. The maximum Gasteiger partial charge on any atom is 0.272 e. The number of hydrogen-bond donors (Lipinski definition) is 0. The highest BCUT2D eigenvalue weighted by Gasteiger charge is 2.24. The van der Waals surface area contributed by atoms with Gasteiger partial charge in [0.05, 0.1) is 19.1 Å². The number of hydrogen-bond acceptors (Lipinski definition) is 5. The molecule has 0 bridgehead atoms. The van der Waals surface area contributed by atoms with E-state index >= 15 is 0 Å². The Morgan fingerprint density at radius 2 is 1.77 bits per heavy atom. The van der Waals surface area contributed by atoms with Crippen LogP contribution in [0.2, 0.25) is 0 Å². The zero-order chi connectivity index (χ0) is 18.8. The van der Waals surface area contributed by atoms with Crippen LogP contribution in [0.1, 0.15) is 27.0 Å². The molecule has 136 valence electrons. The van der Waals surface area contributed by atoms with Gasteiger partial charge < -0.3 is 14.4 Å². The first-order valence-corrected chi connectivity index (χ1v) is 8.22. The third-order valence-corrected chi connectivity index (χ3v) is 4.65. The fourth-order valence-electron chi connectivity index (χ4n) is 3.23. The second-order valence-corrected chi connectivity index (χ2v) is 6.21. The predicted molar refractivity (Wildman–Crippen MR) is 95.8 cm³/mol. The van der Waals surface area contributed by atoms with Crippen molar-refractivity contribution in [2.45, 2.75) is 19.9 Å². The lowest BCUT2D eigenvalue weighted by Gasteiger charge is -2.29. The minimum atomic E-state index is -0.444. The van der Waals surface area contributed by atoms with Crippen LogP contribution in [0, 0.1) is 17.0 Å². The molecular weight excluding hydrogens is 336 g/mol. The van der Waals surface area contributed by atoms with Crippen LogP contribution in [0.15, 0.2) is 30.3 Å². The number of ether oxygens (including phenoxy) is 2. The van der Waals surface area contributed by atoms with Crippen LogP contribution in [-0.4, -0.2) is 36.5 Å². The number of nitrogens with zero attached hydrogens (tertiary/aromatic N) is 2. The quantitative estimate of drug-likeness (QED) is 0.621. The van der Waals surface area contributed by atoms with Crippen molar-refractivity contribution in [3.05, 3.63) is 62.7 Å². The highest BCUT2D eigenvalue weighted by Crippen LogP contribution is 2.33. The molecule has 0 fully saturated rings. The van der Waals surface area contributed by atoms with Crippen molar-refractivity contribution in [2.24, 2.45) is 0 Å². The van der Waals surface area contributed by atoms with Crippen LogP contribution < -0.4 is 9.47 Å². The summed E-state index contributed by atoms with van der Waals surface area (Å²) in [7, 11) is 3.18. The van der Waals surface area contributed by atoms with Gasteiger partial charge in [-0.05, 0) is 48.7 Å². The van der Waals surface area contributed by atoms with E-state index < -0.39 is 4.92 Å². The van der Waals surface area contributed by atoms with E-state index in [0.29, 0.717) is 42.1 Å². The Bertz CT molecular complexity index is 878. The summed E-state index contributed by atoms with van der Waals surface area (Å²) in [4.78, 5) is 25.1. The Kier molecular flexibility index (Phi) is 4.79. The lowest BCUT2D eigenvalue weighted by molar-refractivity contribution is -0.385. The summed E-state index contributed by atoms with van der Waals surface area (Å²) in [5.74, 6) is 1.17. The monoisotopic (exact) mass is 356 g/mol. The van der Waals surface area contributed by atoms with Crippen LogP contribution in [0.3, 0.4) is 0 Å². The van der Waals surface area contributed by atoms with Crippen molar-refractivity contribution in [1.82, 2.24) is 4.90 Å². The first-order chi connectivity index (χ1) is 12.4. The second kappa shape index (κ2) is 7.03. The Balaban J connectivity index is 1.85. The summed E-state index contributed by atoms with van der Waals surface area (Å²) in [6, 6.07) is 8.32. The van der Waals surface area contributed by atoms with Crippen LogP contribution in [0.25, 0.3) is 0 Å².